The number of unbranched alkanes of at least 4 members (excludes halogenated alkanes) is 1. The Morgan fingerprint density at radius 3 is 2.21 bits per heavy atom. The predicted molar refractivity (Wildman–Crippen MR) is 141 cm³/mol. The van der Waals surface area contributed by atoms with E-state index in [1.807, 2.05) is 49.4 Å². The van der Waals surface area contributed by atoms with Crippen molar-refractivity contribution in [3.8, 4) is 0 Å². The van der Waals surface area contributed by atoms with Gasteiger partial charge in [-0.05, 0) is 74.2 Å². The second kappa shape index (κ2) is 16.0. The van der Waals surface area contributed by atoms with Gasteiger partial charge in [-0.25, -0.2) is 0 Å². The highest BCUT2D eigenvalue weighted by molar-refractivity contribution is 6.11. The van der Waals surface area contributed by atoms with Gasteiger partial charge in [-0.1, -0.05) is 55.8 Å². The van der Waals surface area contributed by atoms with Crippen molar-refractivity contribution < 1.29 is 4.79 Å². The summed E-state index contributed by atoms with van der Waals surface area (Å²) in [4.78, 5) is 13.7. The molecule has 3 rings (SSSR count). The van der Waals surface area contributed by atoms with E-state index in [1.54, 1.807) is 12.3 Å². The van der Waals surface area contributed by atoms with Crippen LogP contribution in [0.4, 0.5) is 5.69 Å². The summed E-state index contributed by atoms with van der Waals surface area (Å²) in [5, 5.41) is 10.6. The Hall–Kier alpha value is -3.73. The Balaban J connectivity index is 0.000000300. The summed E-state index contributed by atoms with van der Waals surface area (Å²) in [6.45, 7) is 9.13. The van der Waals surface area contributed by atoms with Crippen molar-refractivity contribution in [1.82, 2.24) is 10.3 Å². The molecule has 0 fully saturated rings. The van der Waals surface area contributed by atoms with Crippen molar-refractivity contribution >= 4 is 23.9 Å². The van der Waals surface area contributed by atoms with Gasteiger partial charge in [-0.3, -0.25) is 9.78 Å². The number of hydrogen-bond acceptors (Lipinski definition) is 4. The molecular weight excluding hydrogens is 408 g/mol. The van der Waals surface area contributed by atoms with Gasteiger partial charge in [0.05, 0.1) is 11.4 Å². The summed E-state index contributed by atoms with van der Waals surface area (Å²) in [7, 11) is 0. The number of aromatic nitrogens is 1. The van der Waals surface area contributed by atoms with Gasteiger partial charge in [-0.15, -0.1) is 0 Å². The second-order valence-corrected chi connectivity index (χ2v) is 7.60. The van der Waals surface area contributed by atoms with E-state index in [0.29, 0.717) is 11.4 Å². The summed E-state index contributed by atoms with van der Waals surface area (Å²) >= 11 is 0. The van der Waals surface area contributed by atoms with E-state index in [0.717, 1.165) is 42.6 Å². The first-order valence-electron chi connectivity index (χ1n) is 11.1. The lowest BCUT2D eigenvalue weighted by molar-refractivity contribution is -0.109. The maximum atomic E-state index is 9.57. The van der Waals surface area contributed by atoms with Gasteiger partial charge in [0.15, 0.2) is 0 Å². The molecule has 0 aliphatic heterocycles. The Kier molecular flexibility index (Phi) is 13.2. The van der Waals surface area contributed by atoms with Crippen LogP contribution in [0.3, 0.4) is 0 Å². The highest BCUT2D eigenvalue weighted by Crippen LogP contribution is 2.15. The molecule has 0 spiro atoms. The average Bonchev–Trinajstić information content (AvgIpc) is 2.81. The first kappa shape index (κ1) is 27.3. The van der Waals surface area contributed by atoms with E-state index in [2.05, 4.69) is 55.3 Å². The van der Waals surface area contributed by atoms with Crippen LogP contribution < -0.4 is 11.1 Å². The Bertz CT molecular complexity index is 992. The van der Waals surface area contributed by atoms with E-state index in [9.17, 15) is 4.79 Å². The van der Waals surface area contributed by atoms with E-state index in [-0.39, 0.29) is 0 Å². The van der Waals surface area contributed by atoms with Gasteiger partial charge in [0.1, 0.15) is 0 Å². The van der Waals surface area contributed by atoms with Crippen molar-refractivity contribution in [2.24, 2.45) is 0 Å². The molecule has 0 unspecified atom stereocenters. The number of allylic oxidation sites excluding steroid dienone is 1. The summed E-state index contributed by atoms with van der Waals surface area (Å²) in [5.74, 6) is 0. The third-order valence-corrected chi connectivity index (χ3v) is 4.79. The van der Waals surface area contributed by atoms with Crippen LogP contribution in [0.1, 0.15) is 47.7 Å². The van der Waals surface area contributed by atoms with E-state index in [4.69, 9.17) is 11.1 Å². The van der Waals surface area contributed by atoms with Gasteiger partial charge in [-0.2, -0.15) is 0 Å². The number of aryl methyl sites for hydroxylation is 3. The zero-order chi connectivity index (χ0) is 24.5. The van der Waals surface area contributed by atoms with Crippen LogP contribution in [-0.2, 0) is 4.79 Å². The molecule has 1 heterocycles. The fourth-order valence-corrected chi connectivity index (χ4v) is 2.66. The monoisotopic (exact) mass is 444 g/mol. The number of carbonyl (C=O) groups excluding carboxylic acids is 1. The minimum Gasteiger partial charge on any atom is -0.398 e. The highest BCUT2D eigenvalue weighted by atomic mass is 16.1. The molecule has 1 aromatic heterocycles. The maximum Gasteiger partial charge on any atom is 0.207 e. The van der Waals surface area contributed by atoms with Crippen molar-refractivity contribution in [1.29, 1.82) is 5.41 Å². The number of rotatable bonds is 7. The quantitative estimate of drug-likeness (QED) is 0.184. The molecule has 1 amide bonds. The number of hydrogen-bond donors (Lipinski definition) is 3. The van der Waals surface area contributed by atoms with Gasteiger partial charge in [0, 0.05) is 24.0 Å². The van der Waals surface area contributed by atoms with Gasteiger partial charge in [0.2, 0.25) is 6.41 Å². The average molecular weight is 445 g/mol. The number of pyridine rings is 1. The minimum atomic E-state index is 0.387. The van der Waals surface area contributed by atoms with Crippen LogP contribution in [0.25, 0.3) is 6.08 Å². The lowest BCUT2D eigenvalue weighted by atomic mass is 10.0. The molecule has 0 saturated carbocycles. The molecule has 0 saturated heterocycles. The molecule has 0 aliphatic carbocycles. The molecular formula is C28H36N4O. The number of amides is 1. The number of anilines is 1. The molecule has 5 nitrogen and oxygen atoms in total. The lowest BCUT2D eigenvalue weighted by Crippen LogP contribution is -2.11. The normalized spacial score (nSPS) is 9.82. The Labute approximate surface area is 198 Å². The number of carbonyl (C=O) groups is 1. The first-order chi connectivity index (χ1) is 15.9. The van der Waals surface area contributed by atoms with E-state index >= 15 is 0 Å². The highest BCUT2D eigenvalue weighted by Gasteiger charge is 2.02. The van der Waals surface area contributed by atoms with Gasteiger partial charge < -0.3 is 16.5 Å². The van der Waals surface area contributed by atoms with Crippen molar-refractivity contribution in [3.05, 3.63) is 101 Å². The number of nitrogens with zero attached hydrogens (tertiary/aromatic N) is 1. The number of nitrogens with two attached hydrogens (primary N) is 1. The fourth-order valence-electron chi connectivity index (χ4n) is 2.66. The van der Waals surface area contributed by atoms with Crippen molar-refractivity contribution in [2.45, 2.75) is 40.5 Å². The van der Waals surface area contributed by atoms with E-state index in [1.165, 1.54) is 11.1 Å². The number of nitrogens with one attached hydrogen (secondary N) is 2. The zero-order valence-corrected chi connectivity index (χ0v) is 20.1. The molecule has 4 N–H and O–H groups in total. The Morgan fingerprint density at radius 2 is 1.70 bits per heavy atom. The molecule has 33 heavy (non-hydrogen) atoms. The SMILES string of the molecule is CCCCNC=O.Cc1ccc(C(=N)/C=C/c2ccccn2)c(N)c1.Cc1ccccc1C. The summed E-state index contributed by atoms with van der Waals surface area (Å²) < 4.78 is 0. The summed E-state index contributed by atoms with van der Waals surface area (Å²) in [5.41, 5.74) is 12.3. The summed E-state index contributed by atoms with van der Waals surface area (Å²) in [6.07, 6.45) is 8.20. The van der Waals surface area contributed by atoms with Gasteiger partial charge >= 0.3 is 0 Å². The first-order valence-corrected chi connectivity index (χ1v) is 11.1. The molecule has 3 aromatic rings. The minimum absolute atomic E-state index is 0.387. The maximum absolute atomic E-state index is 9.57. The van der Waals surface area contributed by atoms with Crippen molar-refractivity contribution in [3.63, 3.8) is 0 Å². The second-order valence-electron chi connectivity index (χ2n) is 7.60. The molecule has 0 bridgehead atoms. The smallest absolute Gasteiger partial charge is 0.207 e. The van der Waals surface area contributed by atoms with Gasteiger partial charge in [0.25, 0.3) is 0 Å². The van der Waals surface area contributed by atoms with Crippen molar-refractivity contribution in [2.75, 3.05) is 12.3 Å². The van der Waals surface area contributed by atoms with Crippen LogP contribution in [-0.4, -0.2) is 23.7 Å². The largest absolute Gasteiger partial charge is 0.398 e. The standard InChI is InChI=1S/C15H15N3.C8H10.C5H11NO/c1-11-5-7-13(15(17)10-11)14(16)8-6-12-4-2-3-9-18-12;1-7-5-3-4-6-8(7)2;1-2-3-4-6-5-7/h2-10,16H,17H2,1H3;3-6H,1-2H3;5H,2-4H2,1H3,(H,6,7)/b8-6+,16-14?;;. The fraction of sp³-hybridized carbons (Fsp3) is 0.250. The Morgan fingerprint density at radius 1 is 1.03 bits per heavy atom. The van der Waals surface area contributed by atoms with Crippen LogP contribution in [0.2, 0.25) is 0 Å². The molecule has 0 radical (unpaired) electrons. The number of benzene rings is 2. The van der Waals surface area contributed by atoms with Crippen LogP contribution in [0, 0.1) is 26.2 Å². The molecule has 174 valence electrons. The summed E-state index contributed by atoms with van der Waals surface area (Å²) in [6, 6.07) is 19.7. The lowest BCUT2D eigenvalue weighted by Gasteiger charge is -2.04. The topological polar surface area (TPSA) is 91.9 Å². The zero-order valence-electron chi connectivity index (χ0n) is 20.1. The third-order valence-electron chi connectivity index (χ3n) is 4.79. The van der Waals surface area contributed by atoms with Crippen LogP contribution >= 0.6 is 0 Å². The predicted octanol–water partition coefficient (Wildman–Crippen LogP) is 5.89. The molecule has 0 aliphatic rings. The molecule has 2 aromatic carbocycles. The van der Waals surface area contributed by atoms with E-state index < -0.39 is 0 Å². The molecule has 5 heteroatoms. The third kappa shape index (κ3) is 11.5. The van der Waals surface area contributed by atoms with Crippen LogP contribution in [0.5, 0.6) is 0 Å². The van der Waals surface area contributed by atoms with Crippen LogP contribution in [0.15, 0.2) is 72.9 Å². The molecule has 0 atom stereocenters. The number of nitrogen functional groups attached to an aromatic ring is 1.